The Bertz CT molecular complexity index is 667. The second-order valence-corrected chi connectivity index (χ2v) is 5.11. The monoisotopic (exact) mass is 321 g/mol. The molecule has 2 rings (SSSR count). The molecule has 0 aliphatic rings. The minimum atomic E-state index is -0.650. The molecule has 22 heavy (non-hydrogen) atoms. The van der Waals surface area contributed by atoms with Crippen molar-refractivity contribution in [2.24, 2.45) is 0 Å². The predicted molar refractivity (Wildman–Crippen MR) is 82.6 cm³/mol. The molecule has 0 fully saturated rings. The zero-order chi connectivity index (χ0) is 16.1. The first-order valence-corrected chi connectivity index (χ1v) is 7.20. The van der Waals surface area contributed by atoms with Gasteiger partial charge in [-0.2, -0.15) is 0 Å². The van der Waals surface area contributed by atoms with Gasteiger partial charge in [0, 0.05) is 23.2 Å². The molecule has 0 spiro atoms. The Balaban J connectivity index is 2.06. The van der Waals surface area contributed by atoms with Gasteiger partial charge in [0.15, 0.2) is 11.5 Å². The zero-order valence-electron chi connectivity index (χ0n) is 12.2. The normalized spacial score (nSPS) is 11.8. The van der Waals surface area contributed by atoms with Crippen molar-refractivity contribution in [3.63, 3.8) is 0 Å². The molecule has 0 saturated heterocycles. The van der Waals surface area contributed by atoms with E-state index in [0.29, 0.717) is 17.3 Å². The Morgan fingerprint density at radius 1 is 1.32 bits per heavy atom. The van der Waals surface area contributed by atoms with Crippen molar-refractivity contribution < 1.29 is 14.1 Å². The predicted octanol–water partition coefficient (Wildman–Crippen LogP) is 2.25. The van der Waals surface area contributed by atoms with Crippen LogP contribution in [0.4, 0.5) is 0 Å². The third-order valence-electron chi connectivity index (χ3n) is 2.96. The van der Waals surface area contributed by atoms with Crippen LogP contribution in [0.5, 0.6) is 0 Å². The first kappa shape index (κ1) is 16.0. The molecule has 1 heterocycles. The summed E-state index contributed by atoms with van der Waals surface area (Å²) in [5.41, 5.74) is 0.869. The first-order chi connectivity index (χ1) is 10.5. The third-order valence-corrected chi connectivity index (χ3v) is 3.22. The van der Waals surface area contributed by atoms with E-state index in [1.807, 2.05) is 6.92 Å². The van der Waals surface area contributed by atoms with Crippen molar-refractivity contribution >= 4 is 23.4 Å². The average molecular weight is 322 g/mol. The van der Waals surface area contributed by atoms with Gasteiger partial charge in [0.25, 0.3) is 5.91 Å². The Morgan fingerprint density at radius 2 is 2.00 bits per heavy atom. The van der Waals surface area contributed by atoms with Crippen LogP contribution in [0.15, 0.2) is 34.9 Å². The van der Waals surface area contributed by atoms with Crippen molar-refractivity contribution in [3.8, 4) is 11.3 Å². The van der Waals surface area contributed by atoms with Gasteiger partial charge in [-0.15, -0.1) is 0 Å². The summed E-state index contributed by atoms with van der Waals surface area (Å²) in [6, 6.07) is 7.84. The molecular formula is C15H16ClN3O3. The number of benzene rings is 1. The highest BCUT2D eigenvalue weighted by Gasteiger charge is 2.19. The quantitative estimate of drug-likeness (QED) is 0.884. The van der Waals surface area contributed by atoms with E-state index in [9.17, 15) is 9.59 Å². The van der Waals surface area contributed by atoms with E-state index in [4.69, 9.17) is 16.1 Å². The molecule has 0 bridgehead atoms. The van der Waals surface area contributed by atoms with E-state index in [1.54, 1.807) is 31.2 Å². The van der Waals surface area contributed by atoms with Gasteiger partial charge in [0.1, 0.15) is 6.04 Å². The highest BCUT2D eigenvalue weighted by Crippen LogP contribution is 2.22. The fraction of sp³-hybridized carbons (Fsp3) is 0.267. The van der Waals surface area contributed by atoms with Crippen molar-refractivity contribution in [1.82, 2.24) is 15.8 Å². The minimum Gasteiger partial charge on any atom is -0.355 e. The zero-order valence-corrected chi connectivity index (χ0v) is 13.0. The second-order valence-electron chi connectivity index (χ2n) is 4.67. The summed E-state index contributed by atoms with van der Waals surface area (Å²) in [6.45, 7) is 3.91. The summed E-state index contributed by atoms with van der Waals surface area (Å²) in [6.07, 6.45) is 0. The van der Waals surface area contributed by atoms with Crippen molar-refractivity contribution in [2.45, 2.75) is 19.9 Å². The lowest BCUT2D eigenvalue weighted by molar-refractivity contribution is -0.122. The summed E-state index contributed by atoms with van der Waals surface area (Å²) in [5.74, 6) is -0.271. The van der Waals surface area contributed by atoms with E-state index in [0.717, 1.165) is 5.56 Å². The SMILES string of the molecule is CCNC(=O)[C@@H](C)NC(=O)c1cc(-c2ccc(Cl)cc2)on1. The molecule has 0 aliphatic heterocycles. The van der Waals surface area contributed by atoms with Gasteiger partial charge in [-0.1, -0.05) is 16.8 Å². The van der Waals surface area contributed by atoms with Crippen LogP contribution in [-0.2, 0) is 4.79 Å². The van der Waals surface area contributed by atoms with Crippen LogP contribution in [0.1, 0.15) is 24.3 Å². The van der Waals surface area contributed by atoms with Crippen LogP contribution < -0.4 is 10.6 Å². The van der Waals surface area contributed by atoms with E-state index in [-0.39, 0.29) is 11.6 Å². The maximum Gasteiger partial charge on any atom is 0.274 e. The lowest BCUT2D eigenvalue weighted by Crippen LogP contribution is -2.44. The number of nitrogens with zero attached hydrogens (tertiary/aromatic N) is 1. The van der Waals surface area contributed by atoms with Crippen LogP contribution in [0, 0.1) is 0 Å². The van der Waals surface area contributed by atoms with Crippen LogP contribution in [-0.4, -0.2) is 29.6 Å². The number of halogens is 1. The van der Waals surface area contributed by atoms with Crippen LogP contribution in [0.2, 0.25) is 5.02 Å². The number of carbonyl (C=O) groups excluding carboxylic acids is 2. The lowest BCUT2D eigenvalue weighted by Gasteiger charge is -2.11. The molecule has 1 aromatic heterocycles. The van der Waals surface area contributed by atoms with Crippen LogP contribution >= 0.6 is 11.6 Å². The van der Waals surface area contributed by atoms with Gasteiger partial charge in [0.05, 0.1) is 0 Å². The number of aromatic nitrogens is 1. The van der Waals surface area contributed by atoms with Crippen LogP contribution in [0.25, 0.3) is 11.3 Å². The molecule has 1 aromatic carbocycles. The smallest absolute Gasteiger partial charge is 0.274 e. The topological polar surface area (TPSA) is 84.2 Å². The van der Waals surface area contributed by atoms with Gasteiger partial charge >= 0.3 is 0 Å². The number of amides is 2. The largest absolute Gasteiger partial charge is 0.355 e. The highest BCUT2D eigenvalue weighted by molar-refractivity contribution is 6.30. The van der Waals surface area contributed by atoms with Crippen molar-refractivity contribution in [2.75, 3.05) is 6.54 Å². The molecule has 116 valence electrons. The molecule has 1 atom stereocenters. The molecule has 0 aliphatic carbocycles. The van der Waals surface area contributed by atoms with Gasteiger partial charge < -0.3 is 15.2 Å². The number of hydrogen-bond donors (Lipinski definition) is 2. The van der Waals surface area contributed by atoms with Gasteiger partial charge in [0.2, 0.25) is 5.91 Å². The highest BCUT2D eigenvalue weighted by atomic mass is 35.5. The maximum absolute atomic E-state index is 12.0. The molecule has 2 amide bonds. The summed E-state index contributed by atoms with van der Waals surface area (Å²) in [7, 11) is 0. The minimum absolute atomic E-state index is 0.112. The Kier molecular flexibility index (Phi) is 5.16. The van der Waals surface area contributed by atoms with Gasteiger partial charge in [-0.25, -0.2) is 0 Å². The molecular weight excluding hydrogens is 306 g/mol. The van der Waals surface area contributed by atoms with E-state index >= 15 is 0 Å². The summed E-state index contributed by atoms with van der Waals surface area (Å²) in [5, 5.41) is 9.52. The standard InChI is InChI=1S/C15H16ClN3O3/c1-3-17-14(20)9(2)18-15(21)12-8-13(22-19-12)10-4-6-11(16)7-5-10/h4-9H,3H2,1-2H3,(H,17,20)(H,18,21)/t9-/m1/s1. The maximum atomic E-state index is 12.0. The molecule has 0 saturated carbocycles. The Morgan fingerprint density at radius 3 is 2.64 bits per heavy atom. The Labute approximate surface area is 132 Å². The number of hydrogen-bond acceptors (Lipinski definition) is 4. The Hall–Kier alpha value is -2.34. The molecule has 2 aromatic rings. The summed E-state index contributed by atoms with van der Waals surface area (Å²) < 4.78 is 5.15. The van der Waals surface area contributed by atoms with E-state index in [1.165, 1.54) is 6.07 Å². The lowest BCUT2D eigenvalue weighted by atomic mass is 10.1. The second kappa shape index (κ2) is 7.09. The van der Waals surface area contributed by atoms with Crippen molar-refractivity contribution in [3.05, 3.63) is 41.0 Å². The molecule has 0 unspecified atom stereocenters. The summed E-state index contributed by atoms with van der Waals surface area (Å²) >= 11 is 5.82. The summed E-state index contributed by atoms with van der Waals surface area (Å²) in [4.78, 5) is 23.6. The molecule has 6 nitrogen and oxygen atoms in total. The average Bonchev–Trinajstić information content (AvgIpc) is 2.98. The third kappa shape index (κ3) is 3.85. The number of carbonyl (C=O) groups is 2. The number of rotatable bonds is 5. The van der Waals surface area contributed by atoms with E-state index in [2.05, 4.69) is 15.8 Å². The molecule has 7 heteroatoms. The van der Waals surface area contributed by atoms with Gasteiger partial charge in [-0.05, 0) is 38.1 Å². The van der Waals surface area contributed by atoms with Gasteiger partial charge in [-0.3, -0.25) is 9.59 Å². The molecule has 0 radical (unpaired) electrons. The number of nitrogens with one attached hydrogen (secondary N) is 2. The fourth-order valence-electron chi connectivity index (χ4n) is 1.80. The fourth-order valence-corrected chi connectivity index (χ4v) is 1.92. The first-order valence-electron chi connectivity index (χ1n) is 6.82. The number of likely N-dealkylation sites (N-methyl/N-ethyl adjacent to an activating group) is 1. The van der Waals surface area contributed by atoms with Crippen LogP contribution in [0.3, 0.4) is 0 Å². The van der Waals surface area contributed by atoms with Crippen molar-refractivity contribution in [1.29, 1.82) is 0 Å². The van der Waals surface area contributed by atoms with E-state index < -0.39 is 11.9 Å². The molecule has 2 N–H and O–H groups in total.